The number of anilines is 1. The molecule has 224 valence electrons. The van der Waals surface area contributed by atoms with E-state index in [0.29, 0.717) is 16.8 Å². The van der Waals surface area contributed by atoms with Crippen molar-refractivity contribution >= 4 is 27.5 Å². The van der Waals surface area contributed by atoms with Crippen LogP contribution in [0.1, 0.15) is 30.5 Å². The van der Waals surface area contributed by atoms with E-state index < -0.39 is 34.3 Å². The van der Waals surface area contributed by atoms with Crippen LogP contribution in [0.15, 0.2) is 114 Å². The molecule has 0 bridgehead atoms. The molecule has 1 N–H and O–H groups in total. The van der Waals surface area contributed by atoms with Crippen molar-refractivity contribution in [3.63, 3.8) is 0 Å². The Morgan fingerprint density at radius 1 is 0.791 bits per heavy atom. The van der Waals surface area contributed by atoms with E-state index in [4.69, 9.17) is 0 Å². The number of benzene rings is 4. The van der Waals surface area contributed by atoms with Gasteiger partial charge in [0, 0.05) is 19.0 Å². The first-order chi connectivity index (χ1) is 20.6. The van der Waals surface area contributed by atoms with E-state index in [-0.39, 0.29) is 29.8 Å². The number of nitrogens with one attached hydrogen (secondary N) is 1. The zero-order valence-electron chi connectivity index (χ0n) is 24.5. The fourth-order valence-electron chi connectivity index (χ4n) is 4.80. The summed E-state index contributed by atoms with van der Waals surface area (Å²) in [6, 6.07) is 28.7. The summed E-state index contributed by atoms with van der Waals surface area (Å²) in [5.74, 6) is -1.38. The van der Waals surface area contributed by atoms with Gasteiger partial charge in [0.2, 0.25) is 11.8 Å². The highest BCUT2D eigenvalue weighted by atomic mass is 32.2. The molecule has 0 heterocycles. The van der Waals surface area contributed by atoms with E-state index >= 15 is 0 Å². The van der Waals surface area contributed by atoms with Gasteiger partial charge in [0.1, 0.15) is 18.4 Å². The maximum atomic E-state index is 14.4. The smallest absolute Gasteiger partial charge is 0.264 e. The van der Waals surface area contributed by atoms with Crippen LogP contribution >= 0.6 is 0 Å². The third kappa shape index (κ3) is 8.08. The van der Waals surface area contributed by atoms with Crippen LogP contribution < -0.4 is 9.62 Å². The van der Waals surface area contributed by atoms with Gasteiger partial charge in [-0.3, -0.25) is 13.9 Å². The summed E-state index contributed by atoms with van der Waals surface area (Å²) < 4.78 is 42.9. The highest BCUT2D eigenvalue weighted by Crippen LogP contribution is 2.27. The summed E-state index contributed by atoms with van der Waals surface area (Å²) in [7, 11) is -4.17. The first-order valence-corrected chi connectivity index (χ1v) is 15.5. The summed E-state index contributed by atoms with van der Waals surface area (Å²) in [5, 5.41) is 2.92. The van der Waals surface area contributed by atoms with Gasteiger partial charge in [-0.25, -0.2) is 12.8 Å². The number of aryl methyl sites for hydroxylation is 1. The zero-order chi connectivity index (χ0) is 31.0. The van der Waals surface area contributed by atoms with Crippen molar-refractivity contribution in [2.24, 2.45) is 0 Å². The van der Waals surface area contributed by atoms with Crippen molar-refractivity contribution in [3.8, 4) is 0 Å². The van der Waals surface area contributed by atoms with Crippen molar-refractivity contribution in [2.45, 2.75) is 50.7 Å². The fourth-order valence-corrected chi connectivity index (χ4v) is 6.30. The summed E-state index contributed by atoms with van der Waals surface area (Å²) in [6.45, 7) is 4.85. The monoisotopic (exact) mass is 601 g/mol. The van der Waals surface area contributed by atoms with Crippen LogP contribution in [-0.4, -0.2) is 43.8 Å². The second-order valence-corrected chi connectivity index (χ2v) is 12.5. The largest absolute Gasteiger partial charge is 0.352 e. The Morgan fingerprint density at radius 2 is 1.37 bits per heavy atom. The molecule has 0 aromatic heterocycles. The van der Waals surface area contributed by atoms with Gasteiger partial charge in [0.15, 0.2) is 0 Å². The molecule has 1 atom stereocenters. The van der Waals surface area contributed by atoms with Crippen molar-refractivity contribution in [1.29, 1.82) is 0 Å². The van der Waals surface area contributed by atoms with Gasteiger partial charge in [0.05, 0.1) is 10.6 Å². The zero-order valence-corrected chi connectivity index (χ0v) is 25.3. The SMILES string of the molecule is Cc1ccccc1N(CC(=O)N(Cc1ccc(F)cc1)[C@@H](Cc1ccccc1)C(=O)NC(C)C)S(=O)(=O)c1ccccc1. The second kappa shape index (κ2) is 14.1. The van der Waals surface area contributed by atoms with Gasteiger partial charge >= 0.3 is 0 Å². The third-order valence-electron chi connectivity index (χ3n) is 6.96. The quantitative estimate of drug-likeness (QED) is 0.233. The van der Waals surface area contributed by atoms with Crippen molar-refractivity contribution in [3.05, 3.63) is 132 Å². The molecule has 0 fully saturated rings. The predicted molar refractivity (Wildman–Crippen MR) is 166 cm³/mol. The molecular weight excluding hydrogens is 565 g/mol. The van der Waals surface area contributed by atoms with Crippen LogP contribution in [0.25, 0.3) is 0 Å². The number of rotatable bonds is 12. The Labute approximate surface area is 253 Å². The molecule has 0 radical (unpaired) electrons. The van der Waals surface area contributed by atoms with E-state index in [0.717, 1.165) is 9.87 Å². The minimum absolute atomic E-state index is 0.0326. The Hall–Kier alpha value is -4.50. The topological polar surface area (TPSA) is 86.8 Å². The van der Waals surface area contributed by atoms with Gasteiger partial charge in [-0.2, -0.15) is 0 Å². The Bertz CT molecular complexity index is 1630. The number of hydrogen-bond donors (Lipinski definition) is 1. The van der Waals surface area contributed by atoms with Crippen LogP contribution in [-0.2, 0) is 32.6 Å². The summed E-state index contributed by atoms with van der Waals surface area (Å²) in [5.41, 5.74) is 2.44. The molecule has 7 nitrogen and oxygen atoms in total. The average Bonchev–Trinajstić information content (AvgIpc) is 2.99. The molecule has 0 saturated carbocycles. The van der Waals surface area contributed by atoms with Crippen LogP contribution in [0, 0.1) is 12.7 Å². The lowest BCUT2D eigenvalue weighted by atomic mass is 10.0. The van der Waals surface area contributed by atoms with Gasteiger partial charge in [0.25, 0.3) is 10.0 Å². The Morgan fingerprint density at radius 3 is 1.98 bits per heavy atom. The van der Waals surface area contributed by atoms with Gasteiger partial charge in [-0.15, -0.1) is 0 Å². The summed E-state index contributed by atoms with van der Waals surface area (Å²) in [4.78, 5) is 29.5. The number of hydrogen-bond acceptors (Lipinski definition) is 4. The number of halogens is 1. The van der Waals surface area contributed by atoms with Crippen LogP contribution in [0.4, 0.5) is 10.1 Å². The van der Waals surface area contributed by atoms with Gasteiger partial charge < -0.3 is 10.2 Å². The van der Waals surface area contributed by atoms with Crippen molar-refractivity contribution < 1.29 is 22.4 Å². The molecule has 4 rings (SSSR count). The molecule has 0 saturated heterocycles. The molecule has 0 aliphatic rings. The molecule has 0 aliphatic heterocycles. The Kier molecular flexibility index (Phi) is 10.3. The molecular formula is C34H36FN3O4S. The molecule has 4 aromatic rings. The Balaban J connectivity index is 1.80. The summed E-state index contributed by atoms with van der Waals surface area (Å²) >= 11 is 0. The van der Waals surface area contributed by atoms with E-state index in [1.165, 1.54) is 29.2 Å². The van der Waals surface area contributed by atoms with Crippen molar-refractivity contribution in [2.75, 3.05) is 10.8 Å². The number of sulfonamides is 1. The maximum Gasteiger partial charge on any atom is 0.264 e. The minimum Gasteiger partial charge on any atom is -0.352 e. The number of nitrogens with zero attached hydrogens (tertiary/aromatic N) is 2. The standard InChI is InChI=1S/C34H36FN3O4S/c1-25(2)36-34(40)32(22-27-13-6-4-7-14-27)37(23-28-18-20-29(35)21-19-28)33(39)24-38(31-17-11-10-12-26(31)3)43(41,42)30-15-8-5-9-16-30/h4-21,25,32H,22-24H2,1-3H3,(H,36,40)/t32-/m0/s1. The van der Waals surface area contributed by atoms with Crippen LogP contribution in [0.3, 0.4) is 0 Å². The van der Waals surface area contributed by atoms with Gasteiger partial charge in [-0.1, -0.05) is 78.9 Å². The molecule has 0 spiro atoms. The van der Waals surface area contributed by atoms with E-state index in [9.17, 15) is 22.4 Å². The normalized spacial score (nSPS) is 12.0. The number of carbonyl (C=O) groups is 2. The van der Waals surface area contributed by atoms with E-state index in [1.807, 2.05) is 44.2 Å². The first-order valence-electron chi connectivity index (χ1n) is 14.1. The fraction of sp³-hybridized carbons (Fsp3) is 0.235. The number of para-hydroxylation sites is 1. The lowest BCUT2D eigenvalue weighted by Gasteiger charge is -2.34. The van der Waals surface area contributed by atoms with E-state index in [2.05, 4.69) is 5.32 Å². The van der Waals surface area contributed by atoms with E-state index in [1.54, 1.807) is 61.5 Å². The highest BCUT2D eigenvalue weighted by molar-refractivity contribution is 7.92. The minimum atomic E-state index is -4.17. The van der Waals surface area contributed by atoms with Crippen LogP contribution in [0.5, 0.6) is 0 Å². The summed E-state index contributed by atoms with van der Waals surface area (Å²) in [6.07, 6.45) is 0.197. The third-order valence-corrected chi connectivity index (χ3v) is 8.74. The molecule has 0 unspecified atom stereocenters. The molecule has 43 heavy (non-hydrogen) atoms. The van der Waals surface area contributed by atoms with Crippen molar-refractivity contribution in [1.82, 2.24) is 10.2 Å². The predicted octanol–water partition coefficient (Wildman–Crippen LogP) is 5.49. The lowest BCUT2D eigenvalue weighted by molar-refractivity contribution is -0.140. The first kappa shape index (κ1) is 31.4. The highest BCUT2D eigenvalue weighted by Gasteiger charge is 2.35. The molecule has 0 aliphatic carbocycles. The molecule has 4 aromatic carbocycles. The van der Waals surface area contributed by atoms with Crippen LogP contribution in [0.2, 0.25) is 0 Å². The molecule has 2 amide bonds. The lowest BCUT2D eigenvalue weighted by Crippen LogP contribution is -2.54. The average molecular weight is 602 g/mol. The molecule has 9 heteroatoms. The van der Waals surface area contributed by atoms with Gasteiger partial charge in [-0.05, 0) is 67.8 Å². The maximum absolute atomic E-state index is 14.4. The number of amides is 2. The second-order valence-electron chi connectivity index (χ2n) is 10.6. The number of carbonyl (C=O) groups excluding carboxylic acids is 2.